The Kier molecular flexibility index (Phi) is 4.99. The molecule has 0 spiro atoms. The smallest absolute Gasteiger partial charge is 0.257 e. The average Bonchev–Trinajstić information content (AvgIpc) is 3.46. The van der Waals surface area contributed by atoms with Crippen LogP contribution in [0, 0.1) is 18.8 Å². The van der Waals surface area contributed by atoms with Gasteiger partial charge < -0.3 is 9.80 Å². The summed E-state index contributed by atoms with van der Waals surface area (Å²) in [6.45, 7) is 11.8. The third kappa shape index (κ3) is 3.66. The molecule has 2 unspecified atom stereocenters. The van der Waals surface area contributed by atoms with Crippen molar-refractivity contribution >= 4 is 11.7 Å². The maximum atomic E-state index is 13.3. The lowest BCUT2D eigenvalue weighted by atomic mass is 9.92. The van der Waals surface area contributed by atoms with Crippen LogP contribution >= 0.6 is 0 Å². The summed E-state index contributed by atoms with van der Waals surface area (Å²) in [6, 6.07) is 14.1. The molecule has 0 saturated carbocycles. The van der Waals surface area contributed by atoms with Crippen LogP contribution in [-0.2, 0) is 5.41 Å². The van der Waals surface area contributed by atoms with Crippen LogP contribution in [0.25, 0.3) is 5.69 Å². The topological polar surface area (TPSA) is 67.2 Å². The second-order valence-corrected chi connectivity index (χ2v) is 10.1. The first-order valence-corrected chi connectivity index (χ1v) is 11.3. The van der Waals surface area contributed by atoms with Gasteiger partial charge in [-0.15, -0.1) is 5.10 Å². The second kappa shape index (κ2) is 7.73. The summed E-state index contributed by atoms with van der Waals surface area (Å²) in [6.07, 6.45) is 1.71. The van der Waals surface area contributed by atoms with Gasteiger partial charge in [0, 0.05) is 43.4 Å². The van der Waals surface area contributed by atoms with E-state index in [-0.39, 0.29) is 11.3 Å². The van der Waals surface area contributed by atoms with Crippen molar-refractivity contribution in [3.05, 3.63) is 65.6 Å². The van der Waals surface area contributed by atoms with E-state index in [4.69, 9.17) is 0 Å². The molecule has 0 bridgehead atoms. The van der Waals surface area contributed by atoms with Gasteiger partial charge in [-0.05, 0) is 31.2 Å². The SMILES string of the molecule is Cc1c(C(=O)N2CC3CN(c4ccc(C(C)(C)C)nn4)CC3C2)cnn1-c1ccccc1. The number of hydrogen-bond acceptors (Lipinski definition) is 5. The van der Waals surface area contributed by atoms with E-state index in [1.54, 1.807) is 6.20 Å². The summed E-state index contributed by atoms with van der Waals surface area (Å²) in [7, 11) is 0. The molecule has 2 saturated heterocycles. The van der Waals surface area contributed by atoms with E-state index >= 15 is 0 Å². The van der Waals surface area contributed by atoms with Gasteiger partial charge in [0.15, 0.2) is 5.82 Å². The molecule has 7 heteroatoms. The quantitative estimate of drug-likeness (QED) is 0.636. The second-order valence-electron chi connectivity index (χ2n) is 10.1. The molecule has 1 amide bonds. The van der Waals surface area contributed by atoms with Gasteiger partial charge in [0.2, 0.25) is 0 Å². The Hall–Kier alpha value is -3.22. The first-order chi connectivity index (χ1) is 15.3. The Morgan fingerprint density at radius 3 is 2.22 bits per heavy atom. The lowest BCUT2D eigenvalue weighted by molar-refractivity contribution is 0.0782. The Morgan fingerprint density at radius 1 is 0.938 bits per heavy atom. The summed E-state index contributed by atoms with van der Waals surface area (Å²) in [5, 5.41) is 13.4. The number of rotatable bonds is 3. The highest BCUT2D eigenvalue weighted by molar-refractivity contribution is 5.95. The number of carbonyl (C=O) groups is 1. The van der Waals surface area contributed by atoms with Gasteiger partial charge in [-0.1, -0.05) is 39.0 Å². The molecular weight excluding hydrogens is 400 g/mol. The fourth-order valence-electron chi connectivity index (χ4n) is 4.86. The van der Waals surface area contributed by atoms with Crippen molar-refractivity contribution in [3.63, 3.8) is 0 Å². The average molecular weight is 431 g/mol. The van der Waals surface area contributed by atoms with Crippen molar-refractivity contribution in [3.8, 4) is 5.69 Å². The van der Waals surface area contributed by atoms with Crippen molar-refractivity contribution in [2.45, 2.75) is 33.1 Å². The number of carbonyl (C=O) groups excluding carboxylic acids is 1. The maximum Gasteiger partial charge on any atom is 0.257 e. The molecule has 1 aromatic carbocycles. The molecule has 0 radical (unpaired) electrons. The van der Waals surface area contributed by atoms with Gasteiger partial charge in [-0.2, -0.15) is 10.2 Å². The third-order valence-electron chi connectivity index (χ3n) is 6.76. The van der Waals surface area contributed by atoms with Crippen LogP contribution in [0.2, 0.25) is 0 Å². The van der Waals surface area contributed by atoms with Crippen LogP contribution in [0.15, 0.2) is 48.7 Å². The monoisotopic (exact) mass is 430 g/mol. The summed E-state index contributed by atoms with van der Waals surface area (Å²) >= 11 is 0. The van der Waals surface area contributed by atoms with Gasteiger partial charge in [-0.3, -0.25) is 4.79 Å². The molecule has 2 atom stereocenters. The highest BCUT2D eigenvalue weighted by Crippen LogP contribution is 2.34. The zero-order chi connectivity index (χ0) is 22.5. The number of likely N-dealkylation sites (tertiary alicyclic amines) is 1. The standard InChI is InChI=1S/C25H30N6O/c1-17-21(12-26-31(17)20-8-6-5-7-9-20)24(32)30-15-18-13-29(14-19(18)16-30)23-11-10-22(27-28-23)25(2,3)4/h5-12,18-19H,13-16H2,1-4H3. The minimum absolute atomic E-state index is 0.000356. The zero-order valence-corrected chi connectivity index (χ0v) is 19.2. The number of aromatic nitrogens is 4. The zero-order valence-electron chi connectivity index (χ0n) is 19.2. The first kappa shape index (κ1) is 20.7. The van der Waals surface area contributed by atoms with E-state index in [0.717, 1.165) is 49.1 Å². The van der Waals surface area contributed by atoms with Crippen molar-refractivity contribution in [2.75, 3.05) is 31.1 Å². The molecule has 2 aliphatic heterocycles. The molecule has 5 rings (SSSR count). The third-order valence-corrected chi connectivity index (χ3v) is 6.76. The van der Waals surface area contributed by atoms with Gasteiger partial charge in [0.1, 0.15) is 0 Å². The summed E-state index contributed by atoms with van der Waals surface area (Å²) in [5.41, 5.74) is 3.55. The van der Waals surface area contributed by atoms with Crippen LogP contribution in [-0.4, -0.2) is 57.0 Å². The number of fused-ring (bicyclic) bond motifs is 1. The number of benzene rings is 1. The Bertz CT molecular complexity index is 1100. The highest BCUT2D eigenvalue weighted by Gasteiger charge is 2.42. The Morgan fingerprint density at radius 2 is 1.62 bits per heavy atom. The van der Waals surface area contributed by atoms with E-state index in [9.17, 15) is 4.79 Å². The molecule has 32 heavy (non-hydrogen) atoms. The molecule has 3 aromatic rings. The number of para-hydroxylation sites is 1. The first-order valence-electron chi connectivity index (χ1n) is 11.3. The van der Waals surface area contributed by atoms with E-state index < -0.39 is 0 Å². The molecule has 4 heterocycles. The predicted molar refractivity (Wildman–Crippen MR) is 124 cm³/mol. The van der Waals surface area contributed by atoms with Crippen molar-refractivity contribution < 1.29 is 4.79 Å². The molecule has 0 aliphatic carbocycles. The number of hydrogen-bond donors (Lipinski definition) is 0. The number of amides is 1. The van der Waals surface area contributed by atoms with Gasteiger partial charge >= 0.3 is 0 Å². The van der Waals surface area contributed by atoms with E-state index in [1.807, 2.05) is 46.8 Å². The van der Waals surface area contributed by atoms with E-state index in [1.165, 1.54) is 0 Å². The molecule has 2 fully saturated rings. The summed E-state index contributed by atoms with van der Waals surface area (Å²) in [4.78, 5) is 17.6. The predicted octanol–water partition coefficient (Wildman–Crippen LogP) is 3.48. The van der Waals surface area contributed by atoms with E-state index in [2.05, 4.69) is 53.1 Å². The van der Waals surface area contributed by atoms with E-state index in [0.29, 0.717) is 17.4 Å². The largest absolute Gasteiger partial charge is 0.354 e. The van der Waals surface area contributed by atoms with Crippen molar-refractivity contribution in [1.82, 2.24) is 24.9 Å². The lowest BCUT2D eigenvalue weighted by Gasteiger charge is -2.23. The molecular formula is C25H30N6O. The fraction of sp³-hybridized carbons (Fsp3) is 0.440. The van der Waals surface area contributed by atoms with Crippen LogP contribution in [0.3, 0.4) is 0 Å². The van der Waals surface area contributed by atoms with Crippen LogP contribution < -0.4 is 4.90 Å². The van der Waals surface area contributed by atoms with Gasteiger partial charge in [0.25, 0.3) is 5.91 Å². The van der Waals surface area contributed by atoms with Gasteiger partial charge in [0.05, 0.1) is 28.8 Å². The Labute approximate surface area is 189 Å². The number of nitrogens with zero attached hydrogens (tertiary/aromatic N) is 6. The van der Waals surface area contributed by atoms with Crippen LogP contribution in [0.1, 0.15) is 42.5 Å². The summed E-state index contributed by atoms with van der Waals surface area (Å²) < 4.78 is 1.84. The lowest BCUT2D eigenvalue weighted by Crippen LogP contribution is -2.33. The molecule has 2 aromatic heterocycles. The van der Waals surface area contributed by atoms with Gasteiger partial charge in [-0.25, -0.2) is 4.68 Å². The summed E-state index contributed by atoms with van der Waals surface area (Å²) in [5.74, 6) is 1.95. The minimum Gasteiger partial charge on any atom is -0.354 e. The van der Waals surface area contributed by atoms with Crippen LogP contribution in [0.5, 0.6) is 0 Å². The highest BCUT2D eigenvalue weighted by atomic mass is 16.2. The van der Waals surface area contributed by atoms with Crippen molar-refractivity contribution in [2.24, 2.45) is 11.8 Å². The molecule has 0 N–H and O–H groups in total. The minimum atomic E-state index is 0.000356. The normalized spacial score (nSPS) is 20.6. The Balaban J connectivity index is 1.25. The molecule has 2 aliphatic rings. The fourth-order valence-corrected chi connectivity index (χ4v) is 4.86. The van der Waals surface area contributed by atoms with Crippen molar-refractivity contribution in [1.29, 1.82) is 0 Å². The molecule has 166 valence electrons. The maximum absolute atomic E-state index is 13.3. The van der Waals surface area contributed by atoms with Crippen LogP contribution in [0.4, 0.5) is 5.82 Å². The molecule has 7 nitrogen and oxygen atoms in total. The number of anilines is 1.